The monoisotopic (exact) mass is 309 g/mol. The van der Waals surface area contributed by atoms with Gasteiger partial charge in [-0.15, -0.1) is 0 Å². The summed E-state index contributed by atoms with van der Waals surface area (Å²) in [6.07, 6.45) is 2.29. The van der Waals surface area contributed by atoms with Crippen LogP contribution >= 0.6 is 11.6 Å². The summed E-state index contributed by atoms with van der Waals surface area (Å²) in [6, 6.07) is 0. The van der Waals surface area contributed by atoms with Crippen molar-refractivity contribution in [3.8, 4) is 0 Å². The molecule has 0 fully saturated rings. The van der Waals surface area contributed by atoms with Crippen molar-refractivity contribution in [2.45, 2.75) is 40.3 Å². The van der Waals surface area contributed by atoms with Crippen LogP contribution in [-0.4, -0.2) is 25.5 Å². The lowest BCUT2D eigenvalue weighted by atomic mass is 10.2. The Balaban J connectivity index is 1.85. The molecule has 7 heteroatoms. The van der Waals surface area contributed by atoms with Gasteiger partial charge in [0.1, 0.15) is 0 Å². The first-order valence-corrected chi connectivity index (χ1v) is 7.21. The summed E-state index contributed by atoms with van der Waals surface area (Å²) in [7, 11) is 1.87. The summed E-state index contributed by atoms with van der Waals surface area (Å²) >= 11 is 6.08. The fourth-order valence-corrected chi connectivity index (χ4v) is 2.34. The number of hydrogen-bond donors (Lipinski definition) is 1. The van der Waals surface area contributed by atoms with E-state index in [-0.39, 0.29) is 5.91 Å². The Morgan fingerprint density at radius 3 is 2.52 bits per heavy atom. The van der Waals surface area contributed by atoms with E-state index >= 15 is 0 Å². The van der Waals surface area contributed by atoms with Gasteiger partial charge >= 0.3 is 0 Å². The van der Waals surface area contributed by atoms with E-state index in [1.165, 1.54) is 0 Å². The normalized spacial score (nSPS) is 10.9. The van der Waals surface area contributed by atoms with Crippen LogP contribution in [0.5, 0.6) is 0 Å². The molecule has 0 radical (unpaired) electrons. The molecule has 0 spiro atoms. The molecule has 6 nitrogen and oxygen atoms in total. The number of nitrogens with zero attached hydrogens (tertiary/aromatic N) is 4. The van der Waals surface area contributed by atoms with E-state index in [2.05, 4.69) is 15.5 Å². The maximum absolute atomic E-state index is 11.9. The summed E-state index contributed by atoms with van der Waals surface area (Å²) in [5.74, 6) is -0.0121. The Morgan fingerprint density at radius 2 is 2.00 bits per heavy atom. The van der Waals surface area contributed by atoms with Crippen LogP contribution in [0.3, 0.4) is 0 Å². The zero-order chi connectivity index (χ0) is 15.6. The molecule has 2 aromatic heterocycles. The molecule has 0 aliphatic carbocycles. The van der Waals surface area contributed by atoms with E-state index < -0.39 is 0 Å². The summed E-state index contributed by atoms with van der Waals surface area (Å²) < 4.78 is 3.52. The SMILES string of the molecule is Cc1nn(C)cc1CNC(=O)CCn1nc(C)c(Cl)c1C. The highest BCUT2D eigenvalue weighted by molar-refractivity contribution is 6.31. The van der Waals surface area contributed by atoms with Crippen molar-refractivity contribution in [2.24, 2.45) is 7.05 Å². The highest BCUT2D eigenvalue weighted by Crippen LogP contribution is 2.18. The van der Waals surface area contributed by atoms with Gasteiger partial charge in [0, 0.05) is 31.8 Å². The third kappa shape index (κ3) is 3.64. The number of rotatable bonds is 5. The summed E-state index contributed by atoms with van der Waals surface area (Å²) in [4.78, 5) is 11.9. The number of aromatic nitrogens is 4. The molecule has 114 valence electrons. The van der Waals surface area contributed by atoms with Crippen LogP contribution in [0.4, 0.5) is 0 Å². The fraction of sp³-hybridized carbons (Fsp3) is 0.500. The second-order valence-corrected chi connectivity index (χ2v) is 5.53. The van der Waals surface area contributed by atoms with Crippen molar-refractivity contribution in [3.63, 3.8) is 0 Å². The van der Waals surface area contributed by atoms with Gasteiger partial charge in [-0.1, -0.05) is 11.6 Å². The highest BCUT2D eigenvalue weighted by atomic mass is 35.5. The number of aryl methyl sites for hydroxylation is 4. The van der Waals surface area contributed by atoms with Crippen molar-refractivity contribution in [1.29, 1.82) is 0 Å². The van der Waals surface area contributed by atoms with E-state index in [0.717, 1.165) is 22.6 Å². The molecular weight excluding hydrogens is 290 g/mol. The Bertz CT molecular complexity index is 659. The number of halogens is 1. The molecule has 0 saturated heterocycles. The molecule has 0 aliphatic rings. The minimum atomic E-state index is -0.0121. The Hall–Kier alpha value is -1.82. The second-order valence-electron chi connectivity index (χ2n) is 5.15. The van der Waals surface area contributed by atoms with Crippen molar-refractivity contribution in [1.82, 2.24) is 24.9 Å². The number of hydrogen-bond acceptors (Lipinski definition) is 3. The first-order chi connectivity index (χ1) is 9.88. The van der Waals surface area contributed by atoms with Gasteiger partial charge in [-0.25, -0.2) is 0 Å². The van der Waals surface area contributed by atoms with Crippen LogP contribution < -0.4 is 5.32 Å². The Morgan fingerprint density at radius 1 is 1.29 bits per heavy atom. The first-order valence-electron chi connectivity index (χ1n) is 6.83. The van der Waals surface area contributed by atoms with Crippen molar-refractivity contribution < 1.29 is 4.79 Å². The standard InChI is InChI=1S/C14H20ClN5O/c1-9-12(8-19(4)17-9)7-16-13(21)5-6-20-11(3)14(15)10(2)18-20/h8H,5-7H2,1-4H3,(H,16,21). The summed E-state index contributed by atoms with van der Waals surface area (Å²) in [5, 5.41) is 12.1. The smallest absolute Gasteiger partial charge is 0.222 e. The molecule has 0 aliphatic heterocycles. The Labute approximate surface area is 129 Å². The fourth-order valence-electron chi connectivity index (χ4n) is 2.20. The van der Waals surface area contributed by atoms with Gasteiger partial charge in [0.05, 0.1) is 28.6 Å². The molecular formula is C14H20ClN5O. The van der Waals surface area contributed by atoms with Gasteiger partial charge in [0.25, 0.3) is 0 Å². The molecule has 0 atom stereocenters. The van der Waals surface area contributed by atoms with Gasteiger partial charge < -0.3 is 5.32 Å². The minimum Gasteiger partial charge on any atom is -0.352 e. The molecule has 1 amide bonds. The largest absolute Gasteiger partial charge is 0.352 e. The van der Waals surface area contributed by atoms with Gasteiger partial charge in [0.15, 0.2) is 0 Å². The number of nitrogens with one attached hydrogen (secondary N) is 1. The van der Waals surface area contributed by atoms with E-state index in [0.29, 0.717) is 24.5 Å². The third-order valence-electron chi connectivity index (χ3n) is 3.43. The average Bonchev–Trinajstić information content (AvgIpc) is 2.88. The highest BCUT2D eigenvalue weighted by Gasteiger charge is 2.11. The van der Waals surface area contributed by atoms with Crippen LogP contribution in [-0.2, 0) is 24.9 Å². The van der Waals surface area contributed by atoms with Crippen molar-refractivity contribution in [3.05, 3.63) is 33.9 Å². The maximum Gasteiger partial charge on any atom is 0.222 e. The molecule has 2 rings (SSSR count). The molecule has 2 heterocycles. The van der Waals surface area contributed by atoms with Crippen LogP contribution in [0.1, 0.15) is 29.1 Å². The molecule has 21 heavy (non-hydrogen) atoms. The van der Waals surface area contributed by atoms with Crippen molar-refractivity contribution >= 4 is 17.5 Å². The molecule has 0 unspecified atom stereocenters. The van der Waals surface area contributed by atoms with Crippen LogP contribution in [0.25, 0.3) is 0 Å². The first kappa shape index (κ1) is 15.6. The second kappa shape index (κ2) is 6.30. The predicted octanol–water partition coefficient (Wildman–Crippen LogP) is 1.90. The predicted molar refractivity (Wildman–Crippen MR) is 81.1 cm³/mol. The van der Waals surface area contributed by atoms with E-state index in [4.69, 9.17) is 11.6 Å². The van der Waals surface area contributed by atoms with Crippen molar-refractivity contribution in [2.75, 3.05) is 0 Å². The molecule has 1 N–H and O–H groups in total. The lowest BCUT2D eigenvalue weighted by molar-refractivity contribution is -0.121. The lowest BCUT2D eigenvalue weighted by Gasteiger charge is -2.06. The van der Waals surface area contributed by atoms with Crippen LogP contribution in [0, 0.1) is 20.8 Å². The zero-order valence-corrected chi connectivity index (χ0v) is 13.5. The number of carbonyl (C=O) groups excluding carboxylic acids is 1. The molecule has 0 bridgehead atoms. The van der Waals surface area contributed by atoms with Gasteiger partial charge in [-0.3, -0.25) is 14.2 Å². The van der Waals surface area contributed by atoms with Gasteiger partial charge in [-0.2, -0.15) is 10.2 Å². The summed E-state index contributed by atoms with van der Waals surface area (Å²) in [6.45, 7) is 6.71. The zero-order valence-electron chi connectivity index (χ0n) is 12.8. The minimum absolute atomic E-state index is 0.0121. The lowest BCUT2D eigenvalue weighted by Crippen LogP contribution is -2.24. The molecule has 2 aromatic rings. The van der Waals surface area contributed by atoms with Gasteiger partial charge in [0.2, 0.25) is 5.91 Å². The quantitative estimate of drug-likeness (QED) is 0.917. The van der Waals surface area contributed by atoms with Crippen LogP contribution in [0.2, 0.25) is 5.02 Å². The molecule has 0 saturated carbocycles. The van der Waals surface area contributed by atoms with Gasteiger partial charge in [-0.05, 0) is 20.8 Å². The van der Waals surface area contributed by atoms with E-state index in [9.17, 15) is 4.79 Å². The third-order valence-corrected chi connectivity index (χ3v) is 3.98. The number of carbonyl (C=O) groups is 1. The number of amides is 1. The average molecular weight is 310 g/mol. The Kier molecular flexibility index (Phi) is 4.67. The van der Waals surface area contributed by atoms with E-state index in [1.807, 2.05) is 34.0 Å². The molecule has 0 aromatic carbocycles. The summed E-state index contributed by atoms with van der Waals surface area (Å²) in [5.41, 5.74) is 3.65. The van der Waals surface area contributed by atoms with Crippen LogP contribution in [0.15, 0.2) is 6.20 Å². The van der Waals surface area contributed by atoms with E-state index in [1.54, 1.807) is 9.36 Å². The topological polar surface area (TPSA) is 64.7 Å². The maximum atomic E-state index is 11.9.